The van der Waals surface area contributed by atoms with Crippen LogP contribution in [-0.2, 0) is 11.3 Å². The molecule has 0 amide bonds. The average molecular weight is 233 g/mol. The molecule has 1 aromatic heterocycles. The summed E-state index contributed by atoms with van der Waals surface area (Å²) < 4.78 is 1.88. The van der Waals surface area contributed by atoms with Crippen LogP contribution in [0.25, 0.3) is 10.9 Å². The van der Waals surface area contributed by atoms with Crippen molar-refractivity contribution in [1.29, 1.82) is 0 Å². The maximum absolute atomic E-state index is 10.5. The predicted molar refractivity (Wildman–Crippen MR) is 64.9 cm³/mol. The predicted octanol–water partition coefficient (Wildman–Crippen LogP) is 1.79. The molecule has 2 N–H and O–H groups in total. The lowest BCUT2D eigenvalue weighted by Gasteiger charge is -2.10. The van der Waals surface area contributed by atoms with E-state index in [4.69, 9.17) is 5.11 Å². The molecule has 2 rings (SSSR count). The number of carboxylic acid groups (broad SMARTS) is 1. The lowest BCUT2D eigenvalue weighted by atomic mass is 10.2. The zero-order valence-corrected chi connectivity index (χ0v) is 9.63. The first-order valence-electron chi connectivity index (χ1n) is 5.51. The Hall–Kier alpha value is -1.81. The Morgan fingerprint density at radius 1 is 1.41 bits per heavy atom. The third-order valence-corrected chi connectivity index (χ3v) is 2.74. The van der Waals surface area contributed by atoms with Gasteiger partial charge in [0.2, 0.25) is 0 Å². The van der Waals surface area contributed by atoms with Crippen LogP contribution in [0, 0.1) is 6.92 Å². The molecule has 0 aliphatic heterocycles. The fourth-order valence-corrected chi connectivity index (χ4v) is 1.97. The normalized spacial score (nSPS) is 12.8. The van der Waals surface area contributed by atoms with E-state index in [1.54, 1.807) is 0 Å². The van der Waals surface area contributed by atoms with Gasteiger partial charge < -0.3 is 14.8 Å². The van der Waals surface area contributed by atoms with Gasteiger partial charge in [0, 0.05) is 18.3 Å². The van der Waals surface area contributed by atoms with E-state index in [2.05, 4.69) is 6.07 Å². The van der Waals surface area contributed by atoms with Gasteiger partial charge in [-0.25, -0.2) is 0 Å². The van der Waals surface area contributed by atoms with Crippen molar-refractivity contribution < 1.29 is 15.0 Å². The van der Waals surface area contributed by atoms with Crippen molar-refractivity contribution in [2.24, 2.45) is 0 Å². The number of carbonyl (C=O) groups is 1. The van der Waals surface area contributed by atoms with Gasteiger partial charge in [0.05, 0.1) is 12.5 Å². The van der Waals surface area contributed by atoms with Gasteiger partial charge in [-0.2, -0.15) is 0 Å². The molecule has 0 radical (unpaired) electrons. The van der Waals surface area contributed by atoms with Crippen molar-refractivity contribution in [3.63, 3.8) is 0 Å². The summed E-state index contributed by atoms with van der Waals surface area (Å²) in [6, 6.07) is 8.02. The monoisotopic (exact) mass is 233 g/mol. The second-order valence-corrected chi connectivity index (χ2v) is 4.28. The number of aliphatic carboxylic acids is 1. The van der Waals surface area contributed by atoms with Crippen LogP contribution < -0.4 is 0 Å². The van der Waals surface area contributed by atoms with Crippen LogP contribution in [0.1, 0.15) is 12.0 Å². The van der Waals surface area contributed by atoms with Crippen LogP contribution in [0.2, 0.25) is 0 Å². The van der Waals surface area contributed by atoms with Crippen molar-refractivity contribution in [3.8, 4) is 0 Å². The Labute approximate surface area is 99.1 Å². The highest BCUT2D eigenvalue weighted by molar-refractivity contribution is 5.80. The van der Waals surface area contributed by atoms with Crippen LogP contribution in [0.3, 0.4) is 0 Å². The summed E-state index contributed by atoms with van der Waals surface area (Å²) in [5, 5.41) is 19.3. The number of hydrogen-bond donors (Lipinski definition) is 2. The first-order chi connectivity index (χ1) is 8.06. The standard InChI is InChI=1S/C13H15NO3/c1-9-2-3-12-10(6-9)4-5-14(12)8-11(15)7-13(16)17/h2-6,11,15H,7-8H2,1H3,(H,16,17). The average Bonchev–Trinajstić information content (AvgIpc) is 2.59. The number of rotatable bonds is 4. The van der Waals surface area contributed by atoms with E-state index in [-0.39, 0.29) is 6.42 Å². The molecule has 4 nitrogen and oxygen atoms in total. The molecule has 0 fully saturated rings. The van der Waals surface area contributed by atoms with Crippen LogP contribution in [-0.4, -0.2) is 26.9 Å². The van der Waals surface area contributed by atoms with Gasteiger partial charge in [0.25, 0.3) is 0 Å². The molecule has 1 heterocycles. The minimum Gasteiger partial charge on any atom is -0.481 e. The number of hydrogen-bond acceptors (Lipinski definition) is 2. The summed E-state index contributed by atoms with van der Waals surface area (Å²) in [5.41, 5.74) is 2.20. The molecule has 2 aromatic rings. The number of aromatic nitrogens is 1. The van der Waals surface area contributed by atoms with Crippen molar-refractivity contribution in [2.75, 3.05) is 0 Å². The third kappa shape index (κ3) is 2.65. The smallest absolute Gasteiger partial charge is 0.306 e. The van der Waals surface area contributed by atoms with Crippen LogP contribution in [0.15, 0.2) is 30.5 Å². The number of aryl methyl sites for hydroxylation is 1. The third-order valence-electron chi connectivity index (χ3n) is 2.74. The quantitative estimate of drug-likeness (QED) is 0.846. The first kappa shape index (κ1) is 11.7. The summed E-state index contributed by atoms with van der Waals surface area (Å²) in [5.74, 6) is -0.982. The molecule has 4 heteroatoms. The first-order valence-corrected chi connectivity index (χ1v) is 5.51. The molecule has 1 aromatic carbocycles. The van der Waals surface area contributed by atoms with Crippen LogP contribution in [0.5, 0.6) is 0 Å². The Bertz CT molecular complexity index is 545. The van der Waals surface area contributed by atoms with E-state index in [1.807, 2.05) is 35.9 Å². The maximum Gasteiger partial charge on any atom is 0.306 e. The van der Waals surface area contributed by atoms with E-state index in [9.17, 15) is 9.90 Å². The summed E-state index contributed by atoms with van der Waals surface area (Å²) in [6.45, 7) is 2.33. The lowest BCUT2D eigenvalue weighted by Crippen LogP contribution is -2.19. The molecule has 0 bridgehead atoms. The number of fused-ring (bicyclic) bond motifs is 1. The van der Waals surface area contributed by atoms with E-state index in [1.165, 1.54) is 5.56 Å². The summed E-state index contributed by atoms with van der Waals surface area (Å²) in [4.78, 5) is 10.5. The Morgan fingerprint density at radius 2 is 2.18 bits per heavy atom. The fraction of sp³-hybridized carbons (Fsp3) is 0.308. The number of carboxylic acids is 1. The molecule has 0 aliphatic carbocycles. The molecular formula is C13H15NO3. The molecular weight excluding hydrogens is 218 g/mol. The number of nitrogens with zero attached hydrogens (tertiary/aromatic N) is 1. The summed E-state index contributed by atoms with van der Waals surface area (Å²) in [7, 11) is 0. The van der Waals surface area contributed by atoms with Gasteiger partial charge in [-0.3, -0.25) is 4.79 Å². The molecule has 0 aliphatic rings. The van der Waals surface area contributed by atoms with Gasteiger partial charge >= 0.3 is 5.97 Å². The Morgan fingerprint density at radius 3 is 2.88 bits per heavy atom. The van der Waals surface area contributed by atoms with E-state index < -0.39 is 12.1 Å². The summed E-state index contributed by atoms with van der Waals surface area (Å²) >= 11 is 0. The largest absolute Gasteiger partial charge is 0.481 e. The number of benzene rings is 1. The van der Waals surface area contributed by atoms with Crippen molar-refractivity contribution >= 4 is 16.9 Å². The maximum atomic E-state index is 10.5. The molecule has 17 heavy (non-hydrogen) atoms. The Kier molecular flexibility index (Phi) is 3.15. The van der Waals surface area contributed by atoms with E-state index >= 15 is 0 Å². The van der Waals surface area contributed by atoms with Crippen LogP contribution >= 0.6 is 0 Å². The second kappa shape index (κ2) is 4.59. The minimum absolute atomic E-state index is 0.231. The topological polar surface area (TPSA) is 62.5 Å². The molecule has 1 unspecified atom stereocenters. The van der Waals surface area contributed by atoms with Crippen molar-refractivity contribution in [3.05, 3.63) is 36.0 Å². The molecule has 1 atom stereocenters. The van der Waals surface area contributed by atoms with Gasteiger partial charge in [0.1, 0.15) is 0 Å². The zero-order valence-electron chi connectivity index (χ0n) is 9.63. The Balaban J connectivity index is 2.22. The highest BCUT2D eigenvalue weighted by atomic mass is 16.4. The SMILES string of the molecule is Cc1ccc2c(ccn2CC(O)CC(=O)O)c1. The van der Waals surface area contributed by atoms with Crippen LogP contribution in [0.4, 0.5) is 0 Å². The van der Waals surface area contributed by atoms with Crippen molar-refractivity contribution in [2.45, 2.75) is 26.0 Å². The molecule has 90 valence electrons. The van der Waals surface area contributed by atoms with E-state index in [0.29, 0.717) is 6.54 Å². The van der Waals surface area contributed by atoms with Crippen molar-refractivity contribution in [1.82, 2.24) is 4.57 Å². The van der Waals surface area contributed by atoms with E-state index in [0.717, 1.165) is 10.9 Å². The minimum atomic E-state index is -0.982. The second-order valence-electron chi connectivity index (χ2n) is 4.28. The van der Waals surface area contributed by atoms with Gasteiger partial charge in [-0.15, -0.1) is 0 Å². The lowest BCUT2D eigenvalue weighted by molar-refractivity contribution is -0.139. The highest BCUT2D eigenvalue weighted by Crippen LogP contribution is 2.18. The molecule has 0 spiro atoms. The van der Waals surface area contributed by atoms with Gasteiger partial charge in [-0.05, 0) is 30.5 Å². The molecule has 0 saturated carbocycles. The number of aliphatic hydroxyl groups excluding tert-OH is 1. The van der Waals surface area contributed by atoms with Gasteiger partial charge in [0.15, 0.2) is 0 Å². The zero-order chi connectivity index (χ0) is 12.4. The number of aliphatic hydroxyl groups is 1. The highest BCUT2D eigenvalue weighted by Gasteiger charge is 2.11. The van der Waals surface area contributed by atoms with Gasteiger partial charge in [-0.1, -0.05) is 11.6 Å². The molecule has 0 saturated heterocycles. The fourth-order valence-electron chi connectivity index (χ4n) is 1.97. The summed E-state index contributed by atoms with van der Waals surface area (Å²) in [6.07, 6.45) is 0.783.